The fraction of sp³-hybridized carbons (Fsp3) is 1.00. The van der Waals surface area contributed by atoms with Crippen LogP contribution in [0.3, 0.4) is 0 Å². The van der Waals surface area contributed by atoms with Crippen LogP contribution in [-0.4, -0.2) is 41.5 Å². The van der Waals surface area contributed by atoms with Crippen LogP contribution in [-0.2, 0) is 4.74 Å². The molecule has 1 heterocycles. The van der Waals surface area contributed by atoms with Gasteiger partial charge < -0.3 is 4.74 Å². The summed E-state index contributed by atoms with van der Waals surface area (Å²) in [5.41, 5.74) is 0. The Balaban J connectivity index is 2.24. The smallest absolute Gasteiger partial charge is 0.203 e. The Morgan fingerprint density at radius 3 is 2.18 bits per heavy atom. The number of halogens is 3. The molecule has 1 saturated heterocycles. The first kappa shape index (κ1) is 9.87. The fourth-order valence-corrected chi connectivity index (χ4v) is 1.52. The molecule has 0 aromatic rings. The van der Waals surface area contributed by atoms with Gasteiger partial charge >= 0.3 is 0 Å². The van der Waals surface area contributed by atoms with Crippen LogP contribution in [0.15, 0.2) is 0 Å². The Bertz CT molecular complexity index is 119. The number of nitrogens with zero attached hydrogens (tertiary/aromatic N) is 1. The van der Waals surface area contributed by atoms with Crippen molar-refractivity contribution in [1.82, 2.24) is 4.90 Å². The van der Waals surface area contributed by atoms with Crippen LogP contribution in [0.4, 0.5) is 0 Å². The highest BCUT2D eigenvalue weighted by Gasteiger charge is 2.24. The van der Waals surface area contributed by atoms with E-state index in [1.807, 2.05) is 0 Å². The average molecular weight is 219 g/mol. The summed E-state index contributed by atoms with van der Waals surface area (Å²) in [5, 5.41) is 0. The van der Waals surface area contributed by atoms with Crippen molar-refractivity contribution in [2.75, 3.05) is 32.8 Å². The first-order valence-electron chi connectivity index (χ1n) is 3.45. The Morgan fingerprint density at radius 2 is 1.73 bits per heavy atom. The lowest BCUT2D eigenvalue weighted by Crippen LogP contribution is -2.41. The lowest BCUT2D eigenvalue weighted by molar-refractivity contribution is 0.0388. The molecule has 1 fully saturated rings. The van der Waals surface area contributed by atoms with E-state index in [0.717, 1.165) is 26.3 Å². The quantitative estimate of drug-likeness (QED) is 0.621. The molecule has 0 saturated carbocycles. The number of rotatable bonds is 1. The summed E-state index contributed by atoms with van der Waals surface area (Å²) in [4.78, 5) is 2.08. The van der Waals surface area contributed by atoms with Crippen LogP contribution < -0.4 is 0 Å². The van der Waals surface area contributed by atoms with Gasteiger partial charge in [-0.15, -0.1) is 0 Å². The van der Waals surface area contributed by atoms with Gasteiger partial charge in [-0.3, -0.25) is 4.90 Å². The highest BCUT2D eigenvalue weighted by Crippen LogP contribution is 2.27. The van der Waals surface area contributed by atoms with Crippen LogP contribution >= 0.6 is 34.8 Å². The largest absolute Gasteiger partial charge is 0.379 e. The number of alkyl halides is 3. The summed E-state index contributed by atoms with van der Waals surface area (Å²) in [6.45, 7) is 3.67. The van der Waals surface area contributed by atoms with Crippen molar-refractivity contribution in [3.05, 3.63) is 0 Å². The Morgan fingerprint density at radius 1 is 1.18 bits per heavy atom. The number of hydrogen-bond acceptors (Lipinski definition) is 2. The number of ether oxygens (including phenoxy) is 1. The minimum absolute atomic E-state index is 0.487. The molecule has 0 radical (unpaired) electrons. The van der Waals surface area contributed by atoms with Gasteiger partial charge in [0.05, 0.1) is 13.2 Å². The summed E-state index contributed by atoms with van der Waals surface area (Å²) < 4.78 is 3.99. The Kier molecular flexibility index (Phi) is 3.72. The molecule has 1 aliphatic rings. The van der Waals surface area contributed by atoms with Gasteiger partial charge in [0.25, 0.3) is 0 Å². The predicted octanol–water partition coefficient (Wildman–Crippen LogP) is 1.69. The standard InChI is InChI=1S/C6H10Cl3NO/c7-6(8,9)5-10-1-3-11-4-2-10/h1-5H2. The summed E-state index contributed by atoms with van der Waals surface area (Å²) in [7, 11) is 0. The van der Waals surface area contributed by atoms with E-state index in [4.69, 9.17) is 39.5 Å². The van der Waals surface area contributed by atoms with Crippen molar-refractivity contribution >= 4 is 34.8 Å². The third-order valence-corrected chi connectivity index (χ3v) is 1.87. The first-order chi connectivity index (χ1) is 5.08. The molecule has 0 spiro atoms. The molecule has 0 unspecified atom stereocenters. The van der Waals surface area contributed by atoms with Gasteiger partial charge in [0.15, 0.2) is 0 Å². The zero-order valence-corrected chi connectivity index (χ0v) is 8.29. The van der Waals surface area contributed by atoms with Crippen LogP contribution in [0.25, 0.3) is 0 Å². The Labute approximate surface area is 81.3 Å². The lowest BCUT2D eigenvalue weighted by atomic mass is 10.4. The maximum atomic E-state index is 5.61. The van der Waals surface area contributed by atoms with Crippen molar-refractivity contribution in [3.63, 3.8) is 0 Å². The second-order valence-corrected chi connectivity index (χ2v) is 5.02. The molecule has 11 heavy (non-hydrogen) atoms. The van der Waals surface area contributed by atoms with Gasteiger partial charge in [-0.1, -0.05) is 34.8 Å². The lowest BCUT2D eigenvalue weighted by Gasteiger charge is -2.29. The maximum Gasteiger partial charge on any atom is 0.203 e. The molecule has 0 aliphatic carbocycles. The molecule has 0 atom stereocenters. The molecule has 5 heteroatoms. The van der Waals surface area contributed by atoms with Gasteiger partial charge in [0.1, 0.15) is 0 Å². The molecule has 66 valence electrons. The third kappa shape index (κ3) is 4.38. The minimum Gasteiger partial charge on any atom is -0.379 e. The zero-order chi connectivity index (χ0) is 8.32. The second-order valence-electron chi connectivity index (χ2n) is 2.50. The maximum absolute atomic E-state index is 5.61. The number of hydrogen-bond donors (Lipinski definition) is 0. The number of morpholine rings is 1. The van der Waals surface area contributed by atoms with E-state index in [1.54, 1.807) is 0 Å². The summed E-state index contributed by atoms with van der Waals surface area (Å²) in [5.74, 6) is 0. The molecular weight excluding hydrogens is 208 g/mol. The molecule has 0 bridgehead atoms. The second kappa shape index (κ2) is 4.15. The fourth-order valence-electron chi connectivity index (χ4n) is 1.01. The van der Waals surface area contributed by atoms with E-state index in [-0.39, 0.29) is 0 Å². The third-order valence-electron chi connectivity index (χ3n) is 1.51. The van der Waals surface area contributed by atoms with Gasteiger partial charge in [-0.05, 0) is 0 Å². The van der Waals surface area contributed by atoms with Crippen LogP contribution in [0, 0.1) is 0 Å². The topological polar surface area (TPSA) is 12.5 Å². The van der Waals surface area contributed by atoms with Crippen molar-refractivity contribution in [3.8, 4) is 0 Å². The normalized spacial score (nSPS) is 22.1. The average Bonchev–Trinajstić information content (AvgIpc) is 1.85. The Hall–Kier alpha value is 0.790. The molecule has 0 N–H and O–H groups in total. The van der Waals surface area contributed by atoms with Gasteiger partial charge in [-0.2, -0.15) is 0 Å². The van der Waals surface area contributed by atoms with Gasteiger partial charge in [0.2, 0.25) is 3.79 Å². The molecule has 0 amide bonds. The molecule has 2 nitrogen and oxygen atoms in total. The predicted molar refractivity (Wildman–Crippen MR) is 47.5 cm³/mol. The molecule has 1 rings (SSSR count). The first-order valence-corrected chi connectivity index (χ1v) is 4.58. The van der Waals surface area contributed by atoms with E-state index >= 15 is 0 Å². The highest BCUT2D eigenvalue weighted by atomic mass is 35.6. The van der Waals surface area contributed by atoms with Crippen molar-refractivity contribution in [1.29, 1.82) is 0 Å². The van der Waals surface area contributed by atoms with E-state index in [0.29, 0.717) is 6.54 Å². The summed E-state index contributed by atoms with van der Waals surface area (Å²) >= 11 is 16.8. The van der Waals surface area contributed by atoms with E-state index in [9.17, 15) is 0 Å². The minimum atomic E-state index is -1.16. The van der Waals surface area contributed by atoms with E-state index in [2.05, 4.69) is 4.90 Å². The monoisotopic (exact) mass is 217 g/mol. The van der Waals surface area contributed by atoms with Crippen molar-refractivity contribution in [2.24, 2.45) is 0 Å². The van der Waals surface area contributed by atoms with Crippen LogP contribution in [0.2, 0.25) is 0 Å². The molecule has 1 aliphatic heterocycles. The van der Waals surface area contributed by atoms with E-state index in [1.165, 1.54) is 0 Å². The van der Waals surface area contributed by atoms with E-state index < -0.39 is 3.79 Å². The molecular formula is C6H10Cl3NO. The molecule has 0 aromatic heterocycles. The summed E-state index contributed by atoms with van der Waals surface area (Å²) in [6, 6.07) is 0. The van der Waals surface area contributed by atoms with Gasteiger partial charge in [-0.25, -0.2) is 0 Å². The molecule has 0 aromatic carbocycles. The summed E-state index contributed by atoms with van der Waals surface area (Å²) in [6.07, 6.45) is 0. The zero-order valence-electron chi connectivity index (χ0n) is 6.02. The van der Waals surface area contributed by atoms with Crippen molar-refractivity contribution < 1.29 is 4.74 Å². The van der Waals surface area contributed by atoms with Gasteiger partial charge in [0, 0.05) is 19.6 Å². The van der Waals surface area contributed by atoms with Crippen molar-refractivity contribution in [2.45, 2.75) is 3.79 Å². The van der Waals surface area contributed by atoms with Crippen LogP contribution in [0.1, 0.15) is 0 Å². The SMILES string of the molecule is ClC(Cl)(Cl)CN1CCOCC1. The van der Waals surface area contributed by atoms with Crippen LogP contribution in [0.5, 0.6) is 0 Å². The highest BCUT2D eigenvalue weighted by molar-refractivity contribution is 6.67.